The first kappa shape index (κ1) is 14.4. The van der Waals surface area contributed by atoms with E-state index in [1.165, 1.54) is 11.1 Å². The number of aromatic nitrogens is 2. The van der Waals surface area contributed by atoms with Gasteiger partial charge in [-0.25, -0.2) is 9.97 Å². The second-order valence-electron chi connectivity index (χ2n) is 4.80. The molecule has 0 saturated carbocycles. The number of benzene rings is 1. The fourth-order valence-corrected chi connectivity index (χ4v) is 3.91. The highest BCUT2D eigenvalue weighted by Gasteiger charge is 2.09. The molecule has 0 spiro atoms. The van der Waals surface area contributed by atoms with Gasteiger partial charge in [0.1, 0.15) is 9.86 Å². The molecule has 2 aromatic heterocycles. The molecule has 2 heterocycles. The zero-order chi connectivity index (χ0) is 14.7. The van der Waals surface area contributed by atoms with Crippen LogP contribution in [0.2, 0.25) is 0 Å². The Morgan fingerprint density at radius 3 is 2.95 bits per heavy atom. The maximum Gasteiger partial charge on any atom is 0.225 e. The zero-order valence-electron chi connectivity index (χ0n) is 12.1. The van der Waals surface area contributed by atoms with Crippen molar-refractivity contribution in [2.75, 3.05) is 11.9 Å². The lowest BCUT2D eigenvalue weighted by Crippen LogP contribution is -2.02. The van der Waals surface area contributed by atoms with E-state index in [1.54, 1.807) is 23.1 Å². The predicted octanol–water partition coefficient (Wildman–Crippen LogP) is 4.72. The van der Waals surface area contributed by atoms with E-state index in [1.807, 2.05) is 0 Å². The quantitative estimate of drug-likeness (QED) is 0.546. The number of aryl methyl sites for hydroxylation is 1. The highest BCUT2D eigenvalue weighted by atomic mass is 32.2. The molecule has 1 N–H and O–H groups in total. The van der Waals surface area contributed by atoms with Gasteiger partial charge in [-0.15, -0.1) is 23.1 Å². The summed E-state index contributed by atoms with van der Waals surface area (Å²) in [5.41, 5.74) is 2.62. The van der Waals surface area contributed by atoms with Crippen LogP contribution < -0.4 is 5.32 Å². The molecule has 108 valence electrons. The largest absolute Gasteiger partial charge is 0.354 e. The monoisotopic (exact) mass is 315 g/mol. The van der Waals surface area contributed by atoms with Gasteiger partial charge < -0.3 is 5.32 Å². The van der Waals surface area contributed by atoms with Crippen molar-refractivity contribution >= 4 is 39.3 Å². The summed E-state index contributed by atoms with van der Waals surface area (Å²) in [5, 5.41) is 7.49. The number of nitrogens with zero attached hydrogens (tertiary/aromatic N) is 2. The van der Waals surface area contributed by atoms with Crippen LogP contribution in [-0.4, -0.2) is 16.5 Å². The molecule has 0 radical (unpaired) electrons. The van der Waals surface area contributed by atoms with Gasteiger partial charge in [-0.3, -0.25) is 0 Å². The SMILES string of the molecule is CCNc1nc(SCc2cccc(C)c2)c2ccsc2n1. The summed E-state index contributed by atoms with van der Waals surface area (Å²) >= 11 is 3.43. The van der Waals surface area contributed by atoms with Crippen LogP contribution in [0.4, 0.5) is 5.95 Å². The van der Waals surface area contributed by atoms with Crippen molar-refractivity contribution in [3.8, 4) is 0 Å². The summed E-state index contributed by atoms with van der Waals surface area (Å²) in [4.78, 5) is 10.2. The molecule has 0 aliphatic heterocycles. The van der Waals surface area contributed by atoms with Crippen molar-refractivity contribution < 1.29 is 0 Å². The van der Waals surface area contributed by atoms with Gasteiger partial charge >= 0.3 is 0 Å². The van der Waals surface area contributed by atoms with Gasteiger partial charge in [0.2, 0.25) is 5.95 Å². The van der Waals surface area contributed by atoms with Crippen molar-refractivity contribution in [3.63, 3.8) is 0 Å². The molecule has 5 heteroatoms. The molecule has 0 aliphatic carbocycles. The highest BCUT2D eigenvalue weighted by molar-refractivity contribution is 7.98. The van der Waals surface area contributed by atoms with Crippen LogP contribution in [0, 0.1) is 6.92 Å². The Bertz CT molecular complexity index is 752. The maximum atomic E-state index is 4.65. The Hall–Kier alpha value is -1.59. The summed E-state index contributed by atoms with van der Waals surface area (Å²) in [6.45, 7) is 5.01. The minimum Gasteiger partial charge on any atom is -0.354 e. The molecule has 0 fully saturated rings. The van der Waals surface area contributed by atoms with E-state index >= 15 is 0 Å². The summed E-state index contributed by atoms with van der Waals surface area (Å²) in [6, 6.07) is 10.7. The molecule has 0 unspecified atom stereocenters. The fourth-order valence-electron chi connectivity index (χ4n) is 2.13. The van der Waals surface area contributed by atoms with Crippen LogP contribution in [-0.2, 0) is 5.75 Å². The maximum absolute atomic E-state index is 4.65. The van der Waals surface area contributed by atoms with Gasteiger partial charge in [-0.05, 0) is 30.9 Å². The Kier molecular flexibility index (Phi) is 4.41. The van der Waals surface area contributed by atoms with Gasteiger partial charge in [-0.1, -0.05) is 29.8 Å². The van der Waals surface area contributed by atoms with Crippen molar-refractivity contribution in [1.29, 1.82) is 0 Å². The first-order chi connectivity index (χ1) is 10.3. The van der Waals surface area contributed by atoms with E-state index in [0.717, 1.165) is 33.5 Å². The molecule has 3 rings (SSSR count). The molecule has 0 bridgehead atoms. The van der Waals surface area contributed by atoms with Gasteiger partial charge in [0, 0.05) is 17.7 Å². The van der Waals surface area contributed by atoms with Crippen LogP contribution in [0.5, 0.6) is 0 Å². The number of thioether (sulfide) groups is 1. The molecule has 1 aromatic carbocycles. The average Bonchev–Trinajstić information content (AvgIpc) is 2.93. The third-order valence-electron chi connectivity index (χ3n) is 3.08. The van der Waals surface area contributed by atoms with Crippen molar-refractivity contribution in [2.45, 2.75) is 24.6 Å². The van der Waals surface area contributed by atoms with Crippen molar-refractivity contribution in [3.05, 3.63) is 46.8 Å². The molecular weight excluding hydrogens is 298 g/mol. The molecule has 0 aliphatic rings. The van der Waals surface area contributed by atoms with Crippen molar-refractivity contribution in [2.24, 2.45) is 0 Å². The second kappa shape index (κ2) is 6.45. The number of hydrogen-bond acceptors (Lipinski definition) is 5. The molecular formula is C16H17N3S2. The number of anilines is 1. The third-order valence-corrected chi connectivity index (χ3v) is 4.95. The van der Waals surface area contributed by atoms with E-state index < -0.39 is 0 Å². The summed E-state index contributed by atoms with van der Waals surface area (Å²) in [5.74, 6) is 1.65. The summed E-state index contributed by atoms with van der Waals surface area (Å²) in [7, 11) is 0. The number of rotatable bonds is 5. The zero-order valence-corrected chi connectivity index (χ0v) is 13.7. The van der Waals surface area contributed by atoms with E-state index in [2.05, 4.69) is 64.8 Å². The van der Waals surface area contributed by atoms with Gasteiger partial charge in [-0.2, -0.15) is 0 Å². The molecule has 0 atom stereocenters. The number of nitrogens with one attached hydrogen (secondary N) is 1. The first-order valence-corrected chi connectivity index (χ1v) is 8.80. The predicted molar refractivity (Wildman–Crippen MR) is 92.3 cm³/mol. The topological polar surface area (TPSA) is 37.8 Å². The lowest BCUT2D eigenvalue weighted by Gasteiger charge is -2.07. The normalized spacial score (nSPS) is 11.0. The summed E-state index contributed by atoms with van der Waals surface area (Å²) in [6.07, 6.45) is 0. The lowest BCUT2D eigenvalue weighted by atomic mass is 10.2. The first-order valence-electron chi connectivity index (χ1n) is 6.93. The Morgan fingerprint density at radius 2 is 2.14 bits per heavy atom. The molecule has 0 saturated heterocycles. The summed E-state index contributed by atoms with van der Waals surface area (Å²) < 4.78 is 0. The van der Waals surface area contributed by atoms with Crippen LogP contribution >= 0.6 is 23.1 Å². The van der Waals surface area contributed by atoms with Crippen LogP contribution in [0.25, 0.3) is 10.2 Å². The molecule has 3 aromatic rings. The van der Waals surface area contributed by atoms with Gasteiger partial charge in [0.15, 0.2) is 0 Å². The van der Waals surface area contributed by atoms with E-state index in [9.17, 15) is 0 Å². The van der Waals surface area contributed by atoms with Crippen molar-refractivity contribution in [1.82, 2.24) is 9.97 Å². The van der Waals surface area contributed by atoms with Crippen LogP contribution in [0.15, 0.2) is 40.7 Å². The van der Waals surface area contributed by atoms with Gasteiger partial charge in [0.25, 0.3) is 0 Å². The van der Waals surface area contributed by atoms with Crippen LogP contribution in [0.3, 0.4) is 0 Å². The standard InChI is InChI=1S/C16H17N3S2/c1-3-17-16-18-14-13(7-8-20-14)15(19-16)21-10-12-6-4-5-11(2)9-12/h4-9H,3,10H2,1-2H3,(H,17,18,19). The fraction of sp³-hybridized carbons (Fsp3) is 0.250. The molecule has 3 nitrogen and oxygen atoms in total. The average molecular weight is 315 g/mol. The van der Waals surface area contributed by atoms with E-state index in [-0.39, 0.29) is 0 Å². The minimum absolute atomic E-state index is 0.721. The molecule has 21 heavy (non-hydrogen) atoms. The minimum atomic E-state index is 0.721. The second-order valence-corrected chi connectivity index (χ2v) is 6.66. The van der Waals surface area contributed by atoms with Crippen LogP contribution in [0.1, 0.15) is 18.1 Å². The number of fused-ring (bicyclic) bond motifs is 1. The Balaban J connectivity index is 1.86. The number of hydrogen-bond donors (Lipinski definition) is 1. The van der Waals surface area contributed by atoms with E-state index in [4.69, 9.17) is 0 Å². The van der Waals surface area contributed by atoms with Gasteiger partial charge in [0.05, 0.1) is 0 Å². The smallest absolute Gasteiger partial charge is 0.225 e. The van der Waals surface area contributed by atoms with E-state index in [0.29, 0.717) is 0 Å². The highest BCUT2D eigenvalue weighted by Crippen LogP contribution is 2.31. The Morgan fingerprint density at radius 1 is 1.24 bits per heavy atom. The third kappa shape index (κ3) is 3.36. The molecule has 0 amide bonds. The number of thiophene rings is 1. The lowest BCUT2D eigenvalue weighted by molar-refractivity contribution is 1.05. The Labute approximate surface area is 132 Å².